The number of nitrogens with one attached hydrogen (secondary N) is 2. The number of piperidine rings is 1. The molecule has 5 nitrogen and oxygen atoms in total. The molecule has 1 heterocycles. The summed E-state index contributed by atoms with van der Waals surface area (Å²) < 4.78 is 0. The maximum absolute atomic E-state index is 12.6. The lowest BCUT2D eigenvalue weighted by atomic mass is 10.0. The first-order valence-electron chi connectivity index (χ1n) is 9.57. The zero-order valence-corrected chi connectivity index (χ0v) is 15.1. The van der Waals surface area contributed by atoms with Gasteiger partial charge in [0.2, 0.25) is 5.91 Å². The molecular formula is C20H29N3O2. The van der Waals surface area contributed by atoms with Crippen LogP contribution in [0.4, 0.5) is 5.69 Å². The SMILES string of the molecule is CC1CCCCN1CC(=O)Nc1ccccc1C(=O)NC1CCCC1. The Kier molecular flexibility index (Phi) is 6.08. The Morgan fingerprint density at radius 2 is 1.80 bits per heavy atom. The van der Waals surface area contributed by atoms with Crippen LogP contribution < -0.4 is 10.6 Å². The van der Waals surface area contributed by atoms with Gasteiger partial charge in [0.05, 0.1) is 17.8 Å². The average molecular weight is 343 g/mol. The highest BCUT2D eigenvalue weighted by Gasteiger charge is 2.22. The first-order chi connectivity index (χ1) is 12.1. The van der Waals surface area contributed by atoms with Crippen LogP contribution in [0.25, 0.3) is 0 Å². The molecule has 1 saturated heterocycles. The molecule has 1 aromatic rings. The third-order valence-electron chi connectivity index (χ3n) is 5.42. The van der Waals surface area contributed by atoms with Gasteiger partial charge in [-0.3, -0.25) is 14.5 Å². The molecule has 1 unspecified atom stereocenters. The van der Waals surface area contributed by atoms with Gasteiger partial charge in [-0.2, -0.15) is 0 Å². The van der Waals surface area contributed by atoms with E-state index in [0.29, 0.717) is 23.8 Å². The first-order valence-corrected chi connectivity index (χ1v) is 9.57. The second-order valence-electron chi connectivity index (χ2n) is 7.36. The molecule has 25 heavy (non-hydrogen) atoms. The van der Waals surface area contributed by atoms with Gasteiger partial charge in [0.1, 0.15) is 0 Å². The Balaban J connectivity index is 1.61. The second-order valence-corrected chi connectivity index (χ2v) is 7.36. The molecule has 0 aromatic heterocycles. The molecule has 2 N–H and O–H groups in total. The third kappa shape index (κ3) is 4.82. The van der Waals surface area contributed by atoms with Crippen molar-refractivity contribution in [1.82, 2.24) is 10.2 Å². The van der Waals surface area contributed by atoms with Crippen LogP contribution in [0, 0.1) is 0 Å². The molecule has 136 valence electrons. The highest BCUT2D eigenvalue weighted by Crippen LogP contribution is 2.21. The summed E-state index contributed by atoms with van der Waals surface area (Å²) in [4.78, 5) is 27.3. The first kappa shape index (κ1) is 17.9. The van der Waals surface area contributed by atoms with Crippen molar-refractivity contribution in [3.63, 3.8) is 0 Å². The van der Waals surface area contributed by atoms with Crippen molar-refractivity contribution in [2.24, 2.45) is 0 Å². The second kappa shape index (κ2) is 8.48. The molecule has 2 aliphatic rings. The Bertz CT molecular complexity index is 611. The number of nitrogens with zero attached hydrogens (tertiary/aromatic N) is 1. The molecule has 1 aliphatic heterocycles. The van der Waals surface area contributed by atoms with Crippen LogP contribution in [0.1, 0.15) is 62.2 Å². The van der Waals surface area contributed by atoms with Crippen molar-refractivity contribution in [1.29, 1.82) is 0 Å². The molecule has 1 atom stereocenters. The lowest BCUT2D eigenvalue weighted by molar-refractivity contribution is -0.118. The van der Waals surface area contributed by atoms with Crippen LogP contribution in [0.2, 0.25) is 0 Å². The van der Waals surface area contributed by atoms with Crippen molar-refractivity contribution in [2.45, 2.75) is 64.0 Å². The maximum atomic E-state index is 12.6. The van der Waals surface area contributed by atoms with Crippen molar-refractivity contribution < 1.29 is 9.59 Å². The number of hydrogen-bond acceptors (Lipinski definition) is 3. The fourth-order valence-electron chi connectivity index (χ4n) is 3.89. The predicted molar refractivity (Wildman–Crippen MR) is 99.7 cm³/mol. The largest absolute Gasteiger partial charge is 0.349 e. The number of rotatable bonds is 5. The van der Waals surface area contributed by atoms with Gasteiger partial charge in [-0.15, -0.1) is 0 Å². The van der Waals surface area contributed by atoms with Crippen molar-refractivity contribution in [2.75, 3.05) is 18.4 Å². The molecule has 1 aromatic carbocycles. The fourth-order valence-corrected chi connectivity index (χ4v) is 3.89. The number of hydrogen-bond donors (Lipinski definition) is 2. The van der Waals surface area contributed by atoms with E-state index < -0.39 is 0 Å². The molecule has 5 heteroatoms. The van der Waals surface area contributed by atoms with E-state index in [9.17, 15) is 9.59 Å². The quantitative estimate of drug-likeness (QED) is 0.863. The van der Waals surface area contributed by atoms with Crippen LogP contribution >= 0.6 is 0 Å². The minimum Gasteiger partial charge on any atom is -0.349 e. The summed E-state index contributed by atoms with van der Waals surface area (Å²) >= 11 is 0. The monoisotopic (exact) mass is 343 g/mol. The smallest absolute Gasteiger partial charge is 0.253 e. The zero-order valence-electron chi connectivity index (χ0n) is 15.1. The van der Waals surface area contributed by atoms with Crippen LogP contribution in [0.3, 0.4) is 0 Å². The van der Waals surface area contributed by atoms with Gasteiger partial charge >= 0.3 is 0 Å². The van der Waals surface area contributed by atoms with Crippen LogP contribution in [0.5, 0.6) is 0 Å². The fraction of sp³-hybridized carbons (Fsp3) is 0.600. The van der Waals surface area contributed by atoms with Crippen molar-refractivity contribution >= 4 is 17.5 Å². The van der Waals surface area contributed by atoms with E-state index in [4.69, 9.17) is 0 Å². The maximum Gasteiger partial charge on any atom is 0.253 e. The van der Waals surface area contributed by atoms with Gasteiger partial charge in [0.15, 0.2) is 0 Å². The van der Waals surface area contributed by atoms with E-state index in [1.54, 1.807) is 12.1 Å². The number of para-hydroxylation sites is 1. The van der Waals surface area contributed by atoms with E-state index >= 15 is 0 Å². The summed E-state index contributed by atoms with van der Waals surface area (Å²) in [6.07, 6.45) is 7.99. The molecule has 2 amide bonds. The predicted octanol–water partition coefficient (Wildman–Crippen LogP) is 3.17. The van der Waals surface area contributed by atoms with Crippen LogP contribution in [0.15, 0.2) is 24.3 Å². The van der Waals surface area contributed by atoms with E-state index in [1.165, 1.54) is 19.3 Å². The standard InChI is InChI=1S/C20H29N3O2/c1-15-8-6-7-13-23(15)14-19(24)22-18-12-5-4-11-17(18)20(25)21-16-9-2-3-10-16/h4-5,11-12,15-16H,2-3,6-10,13-14H2,1H3,(H,21,25)(H,22,24). The van der Waals surface area contributed by atoms with Gasteiger partial charge in [0.25, 0.3) is 5.91 Å². The summed E-state index contributed by atoms with van der Waals surface area (Å²) in [5.74, 6) is -0.135. The summed E-state index contributed by atoms with van der Waals surface area (Å²) in [5, 5.41) is 6.04. The normalized spacial score (nSPS) is 21.9. The molecule has 2 fully saturated rings. The Hall–Kier alpha value is -1.88. The Morgan fingerprint density at radius 1 is 1.08 bits per heavy atom. The molecule has 3 rings (SSSR count). The Morgan fingerprint density at radius 3 is 2.56 bits per heavy atom. The van der Waals surface area contributed by atoms with E-state index in [2.05, 4.69) is 22.5 Å². The molecule has 0 bridgehead atoms. The van der Waals surface area contributed by atoms with E-state index in [0.717, 1.165) is 32.2 Å². The van der Waals surface area contributed by atoms with E-state index in [-0.39, 0.29) is 17.9 Å². The number of anilines is 1. The summed E-state index contributed by atoms with van der Waals surface area (Å²) in [7, 11) is 0. The van der Waals surface area contributed by atoms with Crippen LogP contribution in [-0.2, 0) is 4.79 Å². The van der Waals surface area contributed by atoms with Gasteiger partial charge in [-0.1, -0.05) is 31.4 Å². The number of carbonyl (C=O) groups is 2. The van der Waals surface area contributed by atoms with Crippen LogP contribution in [-0.4, -0.2) is 41.9 Å². The van der Waals surface area contributed by atoms with Gasteiger partial charge in [0, 0.05) is 12.1 Å². The number of likely N-dealkylation sites (tertiary alicyclic amines) is 1. The lowest BCUT2D eigenvalue weighted by Gasteiger charge is -2.32. The molecule has 0 spiro atoms. The summed E-state index contributed by atoms with van der Waals surface area (Å²) in [6, 6.07) is 7.99. The summed E-state index contributed by atoms with van der Waals surface area (Å²) in [5.41, 5.74) is 1.15. The van der Waals surface area contributed by atoms with Crippen molar-refractivity contribution in [3.05, 3.63) is 29.8 Å². The molecule has 1 saturated carbocycles. The number of amides is 2. The lowest BCUT2D eigenvalue weighted by Crippen LogP contribution is -2.42. The third-order valence-corrected chi connectivity index (χ3v) is 5.42. The van der Waals surface area contributed by atoms with Gasteiger partial charge in [-0.25, -0.2) is 0 Å². The van der Waals surface area contributed by atoms with Crippen molar-refractivity contribution in [3.8, 4) is 0 Å². The average Bonchev–Trinajstić information content (AvgIpc) is 3.10. The van der Waals surface area contributed by atoms with Gasteiger partial charge in [-0.05, 0) is 51.3 Å². The van der Waals surface area contributed by atoms with E-state index in [1.807, 2.05) is 12.1 Å². The topological polar surface area (TPSA) is 61.4 Å². The zero-order chi connectivity index (χ0) is 17.6. The summed E-state index contributed by atoms with van der Waals surface area (Å²) in [6.45, 7) is 3.54. The number of carbonyl (C=O) groups excluding carboxylic acids is 2. The minimum atomic E-state index is -0.0888. The molecule has 1 aliphatic carbocycles. The highest BCUT2D eigenvalue weighted by atomic mass is 16.2. The highest BCUT2D eigenvalue weighted by molar-refractivity contribution is 6.04. The number of benzene rings is 1. The molecular weight excluding hydrogens is 314 g/mol. The van der Waals surface area contributed by atoms with Gasteiger partial charge < -0.3 is 10.6 Å². The Labute approximate surface area is 150 Å². The minimum absolute atomic E-state index is 0.0464. The molecule has 0 radical (unpaired) electrons.